The second-order valence-electron chi connectivity index (χ2n) is 2.42. The van der Waals surface area contributed by atoms with Crippen molar-refractivity contribution in [3.05, 3.63) is 0 Å². The van der Waals surface area contributed by atoms with E-state index in [1.165, 1.54) is 12.8 Å². The molecule has 1 saturated carbocycles. The van der Waals surface area contributed by atoms with Crippen LogP contribution < -0.4 is 0 Å². The van der Waals surface area contributed by atoms with Gasteiger partial charge in [-0.05, 0) is 55.3 Å². The molecule has 1 aliphatic carbocycles. The first kappa shape index (κ1) is 8.34. The zero-order chi connectivity index (χ0) is 8.65. The first-order valence-electron chi connectivity index (χ1n) is 3.86. The van der Waals surface area contributed by atoms with Crippen molar-refractivity contribution in [2.45, 2.75) is 19.8 Å². The number of hydrogen-bond acceptors (Lipinski definition) is 0. The van der Waals surface area contributed by atoms with Gasteiger partial charge in [-0.25, -0.2) is 0 Å². The fraction of sp³-hybridized carbons (Fsp3) is 0.333. The van der Waals surface area contributed by atoms with Gasteiger partial charge in [0.2, 0.25) is 0 Å². The molecule has 0 aromatic heterocycles. The molecule has 0 saturated heterocycles. The van der Waals surface area contributed by atoms with Gasteiger partial charge in [-0.3, -0.25) is 0 Å². The normalized spacial score (nSPS) is 11.4. The first-order chi connectivity index (χ1) is 5.93. The Morgan fingerprint density at radius 3 is 2.00 bits per heavy atom. The average molecular weight is 152 g/mol. The molecule has 0 aromatic rings. The van der Waals surface area contributed by atoms with Crippen LogP contribution in [0.1, 0.15) is 19.8 Å². The summed E-state index contributed by atoms with van der Waals surface area (Å²) in [4.78, 5) is 0. The van der Waals surface area contributed by atoms with Crippen molar-refractivity contribution in [2.75, 3.05) is 0 Å². The molecule has 0 N–H and O–H groups in total. The molecule has 0 heteroatoms. The van der Waals surface area contributed by atoms with Crippen LogP contribution >= 0.6 is 0 Å². The van der Waals surface area contributed by atoms with Crippen molar-refractivity contribution in [3.63, 3.8) is 0 Å². The fourth-order valence-corrected chi connectivity index (χ4v) is 0.553. The maximum atomic E-state index is 3.02. The van der Waals surface area contributed by atoms with E-state index in [9.17, 15) is 0 Å². The summed E-state index contributed by atoms with van der Waals surface area (Å²) in [5.74, 6) is 22.1. The minimum Gasteiger partial charge on any atom is -0.0925 e. The Morgan fingerprint density at radius 1 is 0.833 bits per heavy atom. The highest BCUT2D eigenvalue weighted by Crippen LogP contribution is 2.27. The molecule has 0 aliphatic heterocycles. The summed E-state index contributed by atoms with van der Waals surface area (Å²) in [6.45, 7) is 1.75. The SMILES string of the molecule is CC#CC#CC#CC#CC1CC1. The summed E-state index contributed by atoms with van der Waals surface area (Å²) in [5.41, 5.74) is 0. The highest BCUT2D eigenvalue weighted by Gasteiger charge is 2.17. The number of rotatable bonds is 0. The Bertz CT molecular complexity index is 378. The maximum absolute atomic E-state index is 3.02. The fourth-order valence-electron chi connectivity index (χ4n) is 0.553. The van der Waals surface area contributed by atoms with E-state index in [0.717, 1.165) is 0 Å². The summed E-state index contributed by atoms with van der Waals surface area (Å²) >= 11 is 0. The molecule has 0 spiro atoms. The highest BCUT2D eigenvalue weighted by molar-refractivity contribution is 5.40. The van der Waals surface area contributed by atoms with Crippen LogP contribution in [-0.4, -0.2) is 0 Å². The molecular weight excluding hydrogens is 144 g/mol. The second kappa shape index (κ2) is 4.97. The number of hydrogen-bond donors (Lipinski definition) is 0. The van der Waals surface area contributed by atoms with Crippen molar-refractivity contribution < 1.29 is 0 Å². The van der Waals surface area contributed by atoms with Crippen LogP contribution in [0.25, 0.3) is 0 Å². The van der Waals surface area contributed by atoms with Gasteiger partial charge in [0, 0.05) is 5.92 Å². The molecular formula is C12H8. The molecule has 0 heterocycles. The van der Waals surface area contributed by atoms with Crippen LogP contribution in [0.15, 0.2) is 0 Å². The molecule has 0 unspecified atom stereocenters. The van der Waals surface area contributed by atoms with Gasteiger partial charge in [0.25, 0.3) is 0 Å². The van der Waals surface area contributed by atoms with Crippen LogP contribution in [0.3, 0.4) is 0 Å². The van der Waals surface area contributed by atoms with Gasteiger partial charge in [0.15, 0.2) is 0 Å². The van der Waals surface area contributed by atoms with Crippen molar-refractivity contribution in [1.29, 1.82) is 0 Å². The van der Waals surface area contributed by atoms with E-state index in [4.69, 9.17) is 0 Å². The van der Waals surface area contributed by atoms with Crippen molar-refractivity contribution in [2.24, 2.45) is 5.92 Å². The van der Waals surface area contributed by atoms with Crippen LogP contribution in [0.4, 0.5) is 0 Å². The molecule has 0 bridgehead atoms. The minimum absolute atomic E-state index is 0.614. The molecule has 12 heavy (non-hydrogen) atoms. The third-order valence-electron chi connectivity index (χ3n) is 1.29. The summed E-state index contributed by atoms with van der Waals surface area (Å²) < 4.78 is 0. The minimum atomic E-state index is 0.614. The molecule has 1 rings (SSSR count). The maximum Gasteiger partial charge on any atom is 0.0214 e. The first-order valence-corrected chi connectivity index (χ1v) is 3.86. The highest BCUT2D eigenvalue weighted by atomic mass is 14.2. The smallest absolute Gasteiger partial charge is 0.0214 e. The van der Waals surface area contributed by atoms with E-state index in [1.54, 1.807) is 6.92 Å². The van der Waals surface area contributed by atoms with Crippen molar-refractivity contribution >= 4 is 0 Å². The van der Waals surface area contributed by atoms with Gasteiger partial charge in [-0.1, -0.05) is 11.8 Å². The van der Waals surface area contributed by atoms with E-state index in [1.807, 2.05) is 0 Å². The summed E-state index contributed by atoms with van der Waals surface area (Å²) in [5, 5.41) is 0. The van der Waals surface area contributed by atoms with E-state index in [2.05, 4.69) is 47.4 Å². The van der Waals surface area contributed by atoms with Gasteiger partial charge >= 0.3 is 0 Å². The van der Waals surface area contributed by atoms with E-state index >= 15 is 0 Å². The van der Waals surface area contributed by atoms with Gasteiger partial charge in [-0.2, -0.15) is 0 Å². The van der Waals surface area contributed by atoms with Crippen molar-refractivity contribution in [3.8, 4) is 47.4 Å². The van der Waals surface area contributed by atoms with Crippen LogP contribution in [-0.2, 0) is 0 Å². The zero-order valence-corrected chi connectivity index (χ0v) is 6.99. The van der Waals surface area contributed by atoms with E-state index in [-0.39, 0.29) is 0 Å². The molecule has 1 aliphatic rings. The Labute approximate surface area is 73.7 Å². The average Bonchev–Trinajstić information content (AvgIpc) is 2.87. The van der Waals surface area contributed by atoms with Crippen LogP contribution in [0.5, 0.6) is 0 Å². The van der Waals surface area contributed by atoms with E-state index < -0.39 is 0 Å². The van der Waals surface area contributed by atoms with Crippen LogP contribution in [0, 0.1) is 53.3 Å². The lowest BCUT2D eigenvalue weighted by atomic mass is 10.4. The monoisotopic (exact) mass is 152 g/mol. The predicted molar refractivity (Wildman–Crippen MR) is 49.5 cm³/mol. The Kier molecular flexibility index (Phi) is 3.45. The van der Waals surface area contributed by atoms with Crippen molar-refractivity contribution in [1.82, 2.24) is 0 Å². The van der Waals surface area contributed by atoms with Gasteiger partial charge in [-0.15, -0.1) is 0 Å². The molecule has 0 amide bonds. The Balaban J connectivity index is 2.33. The second-order valence-corrected chi connectivity index (χ2v) is 2.42. The van der Waals surface area contributed by atoms with Gasteiger partial charge in [0.1, 0.15) is 0 Å². The lowest BCUT2D eigenvalue weighted by Gasteiger charge is -1.63. The van der Waals surface area contributed by atoms with Gasteiger partial charge < -0.3 is 0 Å². The quantitative estimate of drug-likeness (QED) is 0.461. The van der Waals surface area contributed by atoms with E-state index in [0.29, 0.717) is 5.92 Å². The topological polar surface area (TPSA) is 0 Å². The van der Waals surface area contributed by atoms with Gasteiger partial charge in [0.05, 0.1) is 0 Å². The standard InChI is InChI=1S/C12H8/c1-2-3-4-5-6-7-8-9-12-10-11-12/h12H,10-11H2,1H3. The molecule has 0 radical (unpaired) electrons. The molecule has 0 aromatic carbocycles. The largest absolute Gasteiger partial charge is 0.0925 e. The molecule has 56 valence electrons. The molecule has 1 fully saturated rings. The van der Waals surface area contributed by atoms with Crippen LogP contribution in [0.2, 0.25) is 0 Å². The third kappa shape index (κ3) is 4.12. The molecule has 0 nitrogen and oxygen atoms in total. The summed E-state index contributed by atoms with van der Waals surface area (Å²) in [6.07, 6.45) is 2.48. The summed E-state index contributed by atoms with van der Waals surface area (Å²) in [7, 11) is 0. The zero-order valence-electron chi connectivity index (χ0n) is 6.99. The predicted octanol–water partition coefficient (Wildman–Crippen LogP) is 1.43. The lowest BCUT2D eigenvalue weighted by Crippen LogP contribution is -1.60. The molecule has 0 atom stereocenters. The summed E-state index contributed by atoms with van der Waals surface area (Å²) in [6, 6.07) is 0. The Hall–Kier alpha value is -1.76. The Morgan fingerprint density at radius 2 is 1.42 bits per heavy atom. The third-order valence-corrected chi connectivity index (χ3v) is 1.29. The lowest BCUT2D eigenvalue weighted by molar-refractivity contribution is 1.18.